The van der Waals surface area contributed by atoms with Crippen LogP contribution in [-0.4, -0.2) is 22.4 Å². The van der Waals surface area contributed by atoms with E-state index < -0.39 is 0 Å². The van der Waals surface area contributed by atoms with Gasteiger partial charge in [-0.1, -0.05) is 23.7 Å². The molecule has 0 unspecified atom stereocenters. The number of hydrogen-bond acceptors (Lipinski definition) is 3. The van der Waals surface area contributed by atoms with Gasteiger partial charge in [-0.25, -0.2) is 4.98 Å². The number of halogens is 1. The standard InChI is InChI=1S/C17H16ClN3O2/c1-23-15-5-2-12(3-6-15)9-19-17(22)8-14-11-21-10-13(18)4-7-16(21)20-14/h2-7,10-11H,8-9H2,1H3,(H,19,22). The van der Waals surface area contributed by atoms with Gasteiger partial charge in [0, 0.05) is 18.9 Å². The van der Waals surface area contributed by atoms with Crippen LogP contribution in [0.3, 0.4) is 0 Å². The molecule has 1 amide bonds. The van der Waals surface area contributed by atoms with Gasteiger partial charge in [0.05, 0.1) is 24.2 Å². The summed E-state index contributed by atoms with van der Waals surface area (Å²) in [5.74, 6) is 0.721. The molecule has 0 saturated heterocycles. The molecule has 0 aliphatic rings. The van der Waals surface area contributed by atoms with Gasteiger partial charge < -0.3 is 14.5 Å². The number of nitrogens with zero attached hydrogens (tertiary/aromatic N) is 2. The highest BCUT2D eigenvalue weighted by Gasteiger charge is 2.08. The molecule has 0 bridgehead atoms. The number of benzene rings is 1. The molecule has 2 heterocycles. The van der Waals surface area contributed by atoms with Crippen molar-refractivity contribution in [3.05, 3.63) is 65.1 Å². The van der Waals surface area contributed by atoms with Gasteiger partial charge in [-0.05, 0) is 29.8 Å². The average Bonchev–Trinajstić information content (AvgIpc) is 2.94. The van der Waals surface area contributed by atoms with E-state index in [1.165, 1.54) is 0 Å². The molecule has 6 heteroatoms. The molecule has 0 radical (unpaired) electrons. The SMILES string of the molecule is COc1ccc(CNC(=O)Cc2cn3cc(Cl)ccc3n2)cc1. The third-order valence-corrected chi connectivity index (χ3v) is 3.68. The van der Waals surface area contributed by atoms with Crippen LogP contribution in [-0.2, 0) is 17.8 Å². The second-order valence-electron chi connectivity index (χ2n) is 5.15. The number of nitrogens with one attached hydrogen (secondary N) is 1. The third-order valence-electron chi connectivity index (χ3n) is 3.46. The molecule has 3 aromatic rings. The minimum absolute atomic E-state index is 0.0738. The molecule has 1 N–H and O–H groups in total. The number of amides is 1. The fourth-order valence-corrected chi connectivity index (χ4v) is 2.44. The van der Waals surface area contributed by atoms with Crippen molar-refractivity contribution in [3.63, 3.8) is 0 Å². The zero-order valence-electron chi connectivity index (χ0n) is 12.6. The lowest BCUT2D eigenvalue weighted by molar-refractivity contribution is -0.120. The largest absolute Gasteiger partial charge is 0.497 e. The molecule has 3 rings (SSSR count). The molecule has 118 valence electrons. The molecule has 0 aliphatic carbocycles. The van der Waals surface area contributed by atoms with Crippen LogP contribution in [0.25, 0.3) is 5.65 Å². The Kier molecular flexibility index (Phi) is 4.48. The highest BCUT2D eigenvalue weighted by atomic mass is 35.5. The number of imidazole rings is 1. The minimum Gasteiger partial charge on any atom is -0.497 e. The van der Waals surface area contributed by atoms with Gasteiger partial charge in [-0.15, -0.1) is 0 Å². The Balaban J connectivity index is 1.59. The van der Waals surface area contributed by atoms with Gasteiger partial charge in [0.15, 0.2) is 0 Å². The maximum Gasteiger partial charge on any atom is 0.226 e. The zero-order valence-corrected chi connectivity index (χ0v) is 13.4. The highest BCUT2D eigenvalue weighted by molar-refractivity contribution is 6.30. The first kappa shape index (κ1) is 15.4. The van der Waals surface area contributed by atoms with E-state index in [9.17, 15) is 4.79 Å². The molecule has 0 fully saturated rings. The van der Waals surface area contributed by atoms with Crippen molar-refractivity contribution in [1.82, 2.24) is 14.7 Å². The van der Waals surface area contributed by atoms with E-state index in [1.807, 2.05) is 40.9 Å². The molecule has 0 aliphatic heterocycles. The smallest absolute Gasteiger partial charge is 0.226 e. The lowest BCUT2D eigenvalue weighted by atomic mass is 10.2. The summed E-state index contributed by atoms with van der Waals surface area (Å²) in [5, 5.41) is 3.52. The summed E-state index contributed by atoms with van der Waals surface area (Å²) in [4.78, 5) is 16.4. The predicted octanol–water partition coefficient (Wildman–Crippen LogP) is 2.86. The van der Waals surface area contributed by atoms with Crippen molar-refractivity contribution in [1.29, 1.82) is 0 Å². The normalized spacial score (nSPS) is 10.7. The van der Waals surface area contributed by atoms with Gasteiger partial charge in [-0.2, -0.15) is 0 Å². The van der Waals surface area contributed by atoms with Crippen LogP contribution < -0.4 is 10.1 Å². The number of ether oxygens (including phenoxy) is 1. The number of carbonyl (C=O) groups excluding carboxylic acids is 1. The number of carbonyl (C=O) groups is 1. The topological polar surface area (TPSA) is 55.6 Å². The quantitative estimate of drug-likeness (QED) is 0.783. The number of methoxy groups -OCH3 is 1. The van der Waals surface area contributed by atoms with Crippen LogP contribution in [0.5, 0.6) is 5.75 Å². The van der Waals surface area contributed by atoms with E-state index in [1.54, 1.807) is 19.4 Å². The monoisotopic (exact) mass is 329 g/mol. The number of pyridine rings is 1. The van der Waals surface area contributed by atoms with E-state index in [0.29, 0.717) is 17.3 Å². The summed E-state index contributed by atoms with van der Waals surface area (Å²) < 4.78 is 6.92. The van der Waals surface area contributed by atoms with Crippen molar-refractivity contribution < 1.29 is 9.53 Å². The van der Waals surface area contributed by atoms with Gasteiger partial charge in [-0.3, -0.25) is 4.79 Å². The van der Waals surface area contributed by atoms with E-state index in [2.05, 4.69) is 10.3 Å². The third kappa shape index (κ3) is 3.81. The second kappa shape index (κ2) is 6.71. The molecule has 0 spiro atoms. The summed E-state index contributed by atoms with van der Waals surface area (Å²) >= 11 is 5.94. The lowest BCUT2D eigenvalue weighted by Gasteiger charge is -2.05. The molecule has 5 nitrogen and oxygen atoms in total. The van der Waals surface area contributed by atoms with Crippen molar-refractivity contribution in [2.75, 3.05) is 7.11 Å². The number of aromatic nitrogens is 2. The van der Waals surface area contributed by atoms with Gasteiger partial charge in [0.25, 0.3) is 0 Å². The maximum atomic E-state index is 12.0. The maximum absolute atomic E-state index is 12.0. The van der Waals surface area contributed by atoms with Crippen LogP contribution in [0, 0.1) is 0 Å². The Morgan fingerprint density at radius 1 is 1.22 bits per heavy atom. The lowest BCUT2D eigenvalue weighted by Crippen LogP contribution is -2.24. The Morgan fingerprint density at radius 3 is 2.74 bits per heavy atom. The molecule has 0 saturated carbocycles. The van der Waals surface area contributed by atoms with E-state index in [-0.39, 0.29) is 12.3 Å². The van der Waals surface area contributed by atoms with Crippen LogP contribution in [0.4, 0.5) is 0 Å². The highest BCUT2D eigenvalue weighted by Crippen LogP contribution is 2.13. The average molecular weight is 330 g/mol. The summed E-state index contributed by atoms with van der Waals surface area (Å²) in [6, 6.07) is 11.2. The molecular weight excluding hydrogens is 314 g/mol. The molecular formula is C17H16ClN3O2. The Hall–Kier alpha value is -2.53. The number of fused-ring (bicyclic) bond motifs is 1. The number of hydrogen-bond donors (Lipinski definition) is 1. The Morgan fingerprint density at radius 2 is 2.00 bits per heavy atom. The van der Waals surface area contributed by atoms with Crippen LogP contribution >= 0.6 is 11.6 Å². The van der Waals surface area contributed by atoms with Crippen molar-refractivity contribution in [3.8, 4) is 5.75 Å². The summed E-state index contributed by atoms with van der Waals surface area (Å²) in [6.45, 7) is 0.474. The zero-order chi connectivity index (χ0) is 16.2. The first-order valence-corrected chi connectivity index (χ1v) is 7.54. The minimum atomic E-state index is -0.0738. The Labute approximate surface area is 138 Å². The van der Waals surface area contributed by atoms with Crippen molar-refractivity contribution in [2.45, 2.75) is 13.0 Å². The summed E-state index contributed by atoms with van der Waals surface area (Å²) in [5.41, 5.74) is 2.49. The predicted molar refractivity (Wildman–Crippen MR) is 88.7 cm³/mol. The van der Waals surface area contributed by atoms with Crippen molar-refractivity contribution >= 4 is 23.2 Å². The molecule has 2 aromatic heterocycles. The number of rotatable bonds is 5. The molecule has 23 heavy (non-hydrogen) atoms. The van der Waals surface area contributed by atoms with E-state index in [0.717, 1.165) is 17.0 Å². The summed E-state index contributed by atoms with van der Waals surface area (Å²) in [6.07, 6.45) is 3.81. The summed E-state index contributed by atoms with van der Waals surface area (Å²) in [7, 11) is 1.62. The van der Waals surface area contributed by atoms with Crippen molar-refractivity contribution in [2.24, 2.45) is 0 Å². The van der Waals surface area contributed by atoms with Gasteiger partial charge in [0.2, 0.25) is 5.91 Å². The van der Waals surface area contributed by atoms with Crippen LogP contribution in [0.2, 0.25) is 5.02 Å². The fourth-order valence-electron chi connectivity index (χ4n) is 2.27. The first-order valence-electron chi connectivity index (χ1n) is 7.17. The van der Waals surface area contributed by atoms with E-state index in [4.69, 9.17) is 16.3 Å². The van der Waals surface area contributed by atoms with Gasteiger partial charge in [0.1, 0.15) is 11.4 Å². The Bertz CT molecular complexity index is 827. The first-order chi connectivity index (χ1) is 11.1. The van der Waals surface area contributed by atoms with Gasteiger partial charge >= 0.3 is 0 Å². The van der Waals surface area contributed by atoms with Crippen LogP contribution in [0.1, 0.15) is 11.3 Å². The fraction of sp³-hybridized carbons (Fsp3) is 0.176. The molecule has 0 atom stereocenters. The second-order valence-corrected chi connectivity index (χ2v) is 5.58. The van der Waals surface area contributed by atoms with Crippen LogP contribution in [0.15, 0.2) is 48.8 Å². The molecule has 1 aromatic carbocycles. The van der Waals surface area contributed by atoms with E-state index >= 15 is 0 Å².